The standard InChI is InChI=1S/C21H21N5O4/c1-30-19-4-2-3-18(15-19)25-10-9-22-21(25)24-13-11-23(12-14-24)20(27)16-5-7-17(8-6-16)26(28)29/h2-10,15H,11-14H2,1H3. The molecule has 0 atom stereocenters. The largest absolute Gasteiger partial charge is 0.497 e. The third-order valence-electron chi connectivity index (χ3n) is 5.13. The summed E-state index contributed by atoms with van der Waals surface area (Å²) in [7, 11) is 1.63. The van der Waals surface area contributed by atoms with E-state index in [2.05, 4.69) is 9.88 Å². The number of imidazole rings is 1. The van der Waals surface area contributed by atoms with E-state index in [9.17, 15) is 14.9 Å². The molecule has 0 aliphatic carbocycles. The summed E-state index contributed by atoms with van der Waals surface area (Å²) in [5.41, 5.74) is 1.37. The van der Waals surface area contributed by atoms with Crippen molar-refractivity contribution in [2.24, 2.45) is 0 Å². The molecule has 2 aromatic carbocycles. The number of nitrogens with zero attached hydrogens (tertiary/aromatic N) is 5. The summed E-state index contributed by atoms with van der Waals surface area (Å²) < 4.78 is 7.31. The topological polar surface area (TPSA) is 93.7 Å². The second-order valence-electron chi connectivity index (χ2n) is 6.88. The van der Waals surface area contributed by atoms with E-state index in [4.69, 9.17) is 4.74 Å². The number of ether oxygens (including phenoxy) is 1. The van der Waals surface area contributed by atoms with Crippen molar-refractivity contribution in [2.75, 3.05) is 38.2 Å². The van der Waals surface area contributed by atoms with E-state index < -0.39 is 4.92 Å². The minimum absolute atomic E-state index is 0.0271. The number of anilines is 1. The smallest absolute Gasteiger partial charge is 0.269 e. The van der Waals surface area contributed by atoms with Gasteiger partial charge in [-0.2, -0.15) is 0 Å². The van der Waals surface area contributed by atoms with Gasteiger partial charge in [0.25, 0.3) is 11.6 Å². The number of non-ortho nitro benzene ring substituents is 1. The van der Waals surface area contributed by atoms with Crippen LogP contribution in [0.5, 0.6) is 5.75 Å². The zero-order valence-electron chi connectivity index (χ0n) is 16.5. The Bertz CT molecular complexity index is 1060. The number of hydrogen-bond donors (Lipinski definition) is 0. The number of benzene rings is 2. The first kappa shape index (κ1) is 19.4. The predicted molar refractivity (Wildman–Crippen MR) is 111 cm³/mol. The van der Waals surface area contributed by atoms with E-state index in [1.54, 1.807) is 18.2 Å². The van der Waals surface area contributed by atoms with Gasteiger partial charge in [-0.15, -0.1) is 0 Å². The first-order valence-corrected chi connectivity index (χ1v) is 9.53. The van der Waals surface area contributed by atoms with Gasteiger partial charge in [0.1, 0.15) is 5.75 Å². The molecular weight excluding hydrogens is 386 g/mol. The number of carbonyl (C=O) groups is 1. The Morgan fingerprint density at radius 1 is 1.10 bits per heavy atom. The molecule has 3 aromatic rings. The maximum absolute atomic E-state index is 12.7. The summed E-state index contributed by atoms with van der Waals surface area (Å²) in [6, 6.07) is 13.5. The Balaban J connectivity index is 1.44. The van der Waals surface area contributed by atoms with Crippen molar-refractivity contribution >= 4 is 17.5 Å². The average Bonchev–Trinajstić information content (AvgIpc) is 3.29. The van der Waals surface area contributed by atoms with Crippen molar-refractivity contribution in [1.29, 1.82) is 0 Å². The Labute approximate surface area is 173 Å². The number of hydrogen-bond acceptors (Lipinski definition) is 6. The highest BCUT2D eigenvalue weighted by molar-refractivity contribution is 5.94. The molecule has 154 valence electrons. The van der Waals surface area contributed by atoms with Crippen LogP contribution in [0, 0.1) is 10.1 Å². The number of piperazine rings is 1. The minimum Gasteiger partial charge on any atom is -0.497 e. The lowest BCUT2D eigenvalue weighted by Gasteiger charge is -2.35. The number of carbonyl (C=O) groups excluding carboxylic acids is 1. The number of amides is 1. The highest BCUT2D eigenvalue weighted by atomic mass is 16.6. The normalized spacial score (nSPS) is 13.9. The molecule has 0 spiro atoms. The number of methoxy groups -OCH3 is 1. The van der Waals surface area contributed by atoms with E-state index in [1.807, 2.05) is 35.0 Å². The van der Waals surface area contributed by atoms with Gasteiger partial charge in [-0.1, -0.05) is 6.07 Å². The molecule has 1 aliphatic heterocycles. The molecule has 1 saturated heterocycles. The molecule has 1 aliphatic rings. The lowest BCUT2D eigenvalue weighted by molar-refractivity contribution is -0.384. The van der Waals surface area contributed by atoms with Crippen molar-refractivity contribution in [2.45, 2.75) is 0 Å². The third kappa shape index (κ3) is 3.82. The number of nitro groups is 1. The van der Waals surface area contributed by atoms with Gasteiger partial charge in [0.2, 0.25) is 5.95 Å². The van der Waals surface area contributed by atoms with Crippen molar-refractivity contribution in [3.63, 3.8) is 0 Å². The van der Waals surface area contributed by atoms with Crippen LogP contribution in [0.4, 0.5) is 11.6 Å². The van der Waals surface area contributed by atoms with E-state index in [0.717, 1.165) is 17.4 Å². The molecule has 0 N–H and O–H groups in total. The second kappa shape index (κ2) is 8.24. The van der Waals surface area contributed by atoms with E-state index >= 15 is 0 Å². The highest BCUT2D eigenvalue weighted by Gasteiger charge is 2.25. The molecule has 1 fully saturated rings. The van der Waals surface area contributed by atoms with Crippen LogP contribution in [-0.4, -0.2) is 58.6 Å². The van der Waals surface area contributed by atoms with E-state index in [1.165, 1.54) is 24.3 Å². The predicted octanol–water partition coefficient (Wildman–Crippen LogP) is 2.75. The lowest BCUT2D eigenvalue weighted by Crippen LogP contribution is -2.49. The minimum atomic E-state index is -0.475. The van der Waals surface area contributed by atoms with Crippen LogP contribution in [0.2, 0.25) is 0 Å². The monoisotopic (exact) mass is 407 g/mol. The Hall–Kier alpha value is -3.88. The van der Waals surface area contributed by atoms with Crippen LogP contribution >= 0.6 is 0 Å². The second-order valence-corrected chi connectivity index (χ2v) is 6.88. The van der Waals surface area contributed by atoms with Crippen LogP contribution in [0.15, 0.2) is 60.9 Å². The highest BCUT2D eigenvalue weighted by Crippen LogP contribution is 2.23. The molecule has 30 heavy (non-hydrogen) atoms. The third-order valence-corrected chi connectivity index (χ3v) is 5.13. The molecule has 9 heteroatoms. The first-order valence-electron chi connectivity index (χ1n) is 9.53. The van der Waals surface area contributed by atoms with Gasteiger partial charge in [-0.25, -0.2) is 4.98 Å². The molecule has 0 unspecified atom stereocenters. The fraction of sp³-hybridized carbons (Fsp3) is 0.238. The molecule has 0 bridgehead atoms. The van der Waals surface area contributed by atoms with Crippen molar-refractivity contribution in [3.05, 3.63) is 76.6 Å². The maximum Gasteiger partial charge on any atom is 0.269 e. The van der Waals surface area contributed by atoms with E-state index in [-0.39, 0.29) is 11.6 Å². The fourth-order valence-electron chi connectivity index (χ4n) is 3.51. The maximum atomic E-state index is 12.7. The van der Waals surface area contributed by atoms with Gasteiger partial charge in [-0.05, 0) is 24.3 Å². The fourth-order valence-corrected chi connectivity index (χ4v) is 3.51. The Morgan fingerprint density at radius 3 is 2.50 bits per heavy atom. The van der Waals surface area contributed by atoms with Crippen LogP contribution in [0.25, 0.3) is 5.69 Å². The summed E-state index contributed by atoms with van der Waals surface area (Å²) in [6.45, 7) is 2.36. The molecule has 0 radical (unpaired) electrons. The number of rotatable bonds is 5. The lowest BCUT2D eigenvalue weighted by atomic mass is 10.1. The average molecular weight is 407 g/mol. The Kier molecular flexibility index (Phi) is 5.34. The first-order chi connectivity index (χ1) is 14.6. The zero-order chi connectivity index (χ0) is 21.1. The van der Waals surface area contributed by atoms with Gasteiger partial charge >= 0.3 is 0 Å². The van der Waals surface area contributed by atoms with Crippen molar-refractivity contribution < 1.29 is 14.5 Å². The summed E-state index contributed by atoms with van der Waals surface area (Å²) in [5, 5.41) is 10.8. The van der Waals surface area contributed by atoms with Gasteiger partial charge in [-0.3, -0.25) is 19.5 Å². The van der Waals surface area contributed by atoms with E-state index in [0.29, 0.717) is 31.7 Å². The van der Waals surface area contributed by atoms with Crippen LogP contribution in [0.3, 0.4) is 0 Å². The van der Waals surface area contributed by atoms with Crippen LogP contribution in [-0.2, 0) is 0 Å². The molecule has 0 saturated carbocycles. The van der Waals surface area contributed by atoms with Crippen LogP contribution in [0.1, 0.15) is 10.4 Å². The quantitative estimate of drug-likeness (QED) is 0.477. The van der Waals surface area contributed by atoms with Crippen LogP contribution < -0.4 is 9.64 Å². The molecular formula is C21H21N5O4. The molecule has 1 amide bonds. The molecule has 1 aromatic heterocycles. The van der Waals surface area contributed by atoms with Gasteiger partial charge in [0.05, 0.1) is 17.7 Å². The van der Waals surface area contributed by atoms with Crippen molar-refractivity contribution in [1.82, 2.24) is 14.5 Å². The number of aromatic nitrogens is 2. The van der Waals surface area contributed by atoms with Gasteiger partial charge in [0, 0.05) is 62.3 Å². The number of nitro benzene ring substituents is 1. The SMILES string of the molecule is COc1cccc(-n2ccnc2N2CCN(C(=O)c3ccc([N+](=O)[O-])cc3)CC2)c1. The summed E-state index contributed by atoms with van der Waals surface area (Å²) in [5.74, 6) is 1.46. The molecule has 9 nitrogen and oxygen atoms in total. The summed E-state index contributed by atoms with van der Waals surface area (Å²) in [4.78, 5) is 31.5. The summed E-state index contributed by atoms with van der Waals surface area (Å²) >= 11 is 0. The Morgan fingerprint density at radius 2 is 1.83 bits per heavy atom. The van der Waals surface area contributed by atoms with Crippen molar-refractivity contribution in [3.8, 4) is 11.4 Å². The van der Waals surface area contributed by atoms with Gasteiger partial charge in [0.15, 0.2) is 0 Å². The summed E-state index contributed by atoms with van der Waals surface area (Å²) in [6.07, 6.45) is 3.65. The molecule has 4 rings (SSSR count). The zero-order valence-corrected chi connectivity index (χ0v) is 16.5. The molecule has 2 heterocycles. The van der Waals surface area contributed by atoms with Gasteiger partial charge < -0.3 is 14.5 Å².